The number of nitrogens with zero attached hydrogens (tertiary/aromatic N) is 1. The summed E-state index contributed by atoms with van der Waals surface area (Å²) in [6.45, 7) is 6.20. The second-order valence-electron chi connectivity index (χ2n) is 4.82. The van der Waals surface area contributed by atoms with Crippen molar-refractivity contribution in [3.8, 4) is 11.3 Å². The topological polar surface area (TPSA) is 16.4 Å². The summed E-state index contributed by atoms with van der Waals surface area (Å²) in [4.78, 5) is 2.26. The Morgan fingerprint density at radius 3 is 2.05 bits per heavy atom. The normalized spacial score (nSPS) is 10.9. The first-order chi connectivity index (χ1) is 9.85. The summed E-state index contributed by atoms with van der Waals surface area (Å²) in [5, 5.41) is 2.37. The second kappa shape index (κ2) is 5.41. The molecule has 0 radical (unpaired) electrons. The number of hydrogen-bond acceptors (Lipinski definition) is 2. The van der Waals surface area contributed by atoms with Crippen LogP contribution in [0.1, 0.15) is 13.8 Å². The predicted molar refractivity (Wildman–Crippen MR) is 85.2 cm³/mol. The fourth-order valence-corrected chi connectivity index (χ4v) is 2.62. The summed E-state index contributed by atoms with van der Waals surface area (Å²) in [6.07, 6.45) is 0. The van der Waals surface area contributed by atoms with Crippen molar-refractivity contribution in [3.05, 3.63) is 54.6 Å². The average Bonchev–Trinajstić information content (AvgIpc) is 2.90. The standard InChI is InChI=1S/C18H19NO/c1-3-19(4-2)18-16-13-9-8-12-15(16)17(20-18)14-10-6-5-7-11-14/h5-13H,3-4H2,1-2H3. The zero-order chi connectivity index (χ0) is 13.9. The molecule has 0 aliphatic carbocycles. The molecule has 0 unspecified atom stereocenters. The van der Waals surface area contributed by atoms with E-state index in [2.05, 4.69) is 55.1 Å². The maximum absolute atomic E-state index is 6.22. The van der Waals surface area contributed by atoms with Gasteiger partial charge in [0, 0.05) is 29.4 Å². The zero-order valence-electron chi connectivity index (χ0n) is 12.0. The van der Waals surface area contributed by atoms with Crippen molar-refractivity contribution in [1.82, 2.24) is 0 Å². The third-order valence-electron chi connectivity index (χ3n) is 3.69. The maximum atomic E-state index is 6.22. The van der Waals surface area contributed by atoms with Gasteiger partial charge in [0.1, 0.15) is 5.76 Å². The molecule has 3 aromatic rings. The minimum absolute atomic E-state index is 0.947. The monoisotopic (exact) mass is 265 g/mol. The van der Waals surface area contributed by atoms with Crippen molar-refractivity contribution in [2.45, 2.75) is 13.8 Å². The van der Waals surface area contributed by atoms with Crippen LogP contribution in [-0.4, -0.2) is 13.1 Å². The molecule has 20 heavy (non-hydrogen) atoms. The van der Waals surface area contributed by atoms with Crippen LogP contribution >= 0.6 is 0 Å². The first kappa shape index (κ1) is 12.8. The largest absolute Gasteiger partial charge is 0.439 e. The van der Waals surface area contributed by atoms with Crippen molar-refractivity contribution in [2.24, 2.45) is 0 Å². The maximum Gasteiger partial charge on any atom is 0.204 e. The third kappa shape index (κ3) is 2.07. The minimum atomic E-state index is 0.947. The molecule has 0 bridgehead atoms. The van der Waals surface area contributed by atoms with Gasteiger partial charge in [-0.05, 0) is 19.9 Å². The molecule has 0 N–H and O–H groups in total. The highest BCUT2D eigenvalue weighted by Crippen LogP contribution is 2.38. The summed E-state index contributed by atoms with van der Waals surface area (Å²) >= 11 is 0. The van der Waals surface area contributed by atoms with Crippen LogP contribution in [0.25, 0.3) is 22.1 Å². The third-order valence-corrected chi connectivity index (χ3v) is 3.69. The number of benzene rings is 2. The predicted octanol–water partition coefficient (Wildman–Crippen LogP) is 4.95. The van der Waals surface area contributed by atoms with Crippen LogP contribution in [0.2, 0.25) is 0 Å². The molecule has 3 rings (SSSR count). The van der Waals surface area contributed by atoms with Gasteiger partial charge in [0.2, 0.25) is 5.88 Å². The van der Waals surface area contributed by atoms with E-state index in [0.29, 0.717) is 0 Å². The van der Waals surface area contributed by atoms with Crippen molar-refractivity contribution < 1.29 is 4.42 Å². The number of rotatable bonds is 4. The van der Waals surface area contributed by atoms with Gasteiger partial charge in [0.05, 0.1) is 0 Å². The fourth-order valence-electron chi connectivity index (χ4n) is 2.62. The quantitative estimate of drug-likeness (QED) is 0.664. The second-order valence-corrected chi connectivity index (χ2v) is 4.82. The van der Waals surface area contributed by atoms with Crippen LogP contribution in [0.3, 0.4) is 0 Å². The van der Waals surface area contributed by atoms with Gasteiger partial charge in [0.25, 0.3) is 0 Å². The lowest BCUT2D eigenvalue weighted by Gasteiger charge is -2.17. The van der Waals surface area contributed by atoms with E-state index in [1.54, 1.807) is 0 Å². The van der Waals surface area contributed by atoms with Gasteiger partial charge in [-0.3, -0.25) is 0 Å². The van der Waals surface area contributed by atoms with Crippen molar-refractivity contribution in [2.75, 3.05) is 18.0 Å². The van der Waals surface area contributed by atoms with Crippen molar-refractivity contribution >= 4 is 16.7 Å². The van der Waals surface area contributed by atoms with Gasteiger partial charge in [-0.1, -0.05) is 48.5 Å². The van der Waals surface area contributed by atoms with Gasteiger partial charge < -0.3 is 9.32 Å². The van der Waals surface area contributed by atoms with Gasteiger partial charge in [-0.2, -0.15) is 0 Å². The molecule has 0 amide bonds. The Kier molecular flexibility index (Phi) is 3.46. The number of hydrogen-bond donors (Lipinski definition) is 0. The highest BCUT2D eigenvalue weighted by atomic mass is 16.4. The lowest BCUT2D eigenvalue weighted by Crippen LogP contribution is -2.21. The first-order valence-electron chi connectivity index (χ1n) is 7.17. The number of furan rings is 1. The minimum Gasteiger partial charge on any atom is -0.439 e. The molecule has 0 spiro atoms. The van der Waals surface area contributed by atoms with Crippen molar-refractivity contribution in [3.63, 3.8) is 0 Å². The SMILES string of the molecule is CCN(CC)c1oc(-c2ccccc2)c2ccccc12. The van der Waals surface area contributed by atoms with Crippen LogP contribution in [-0.2, 0) is 0 Å². The zero-order valence-corrected chi connectivity index (χ0v) is 12.0. The van der Waals surface area contributed by atoms with E-state index in [4.69, 9.17) is 4.42 Å². The van der Waals surface area contributed by atoms with E-state index in [1.165, 1.54) is 10.8 Å². The van der Waals surface area contributed by atoms with Crippen molar-refractivity contribution in [1.29, 1.82) is 0 Å². The molecule has 0 saturated heterocycles. The Bertz CT molecular complexity index is 696. The summed E-state index contributed by atoms with van der Waals surface area (Å²) in [5.41, 5.74) is 1.13. The smallest absolute Gasteiger partial charge is 0.204 e. The van der Waals surface area contributed by atoms with Crippen LogP contribution < -0.4 is 4.90 Å². The molecule has 2 aromatic carbocycles. The van der Waals surface area contributed by atoms with Gasteiger partial charge in [-0.15, -0.1) is 0 Å². The summed E-state index contributed by atoms with van der Waals surface area (Å²) in [7, 11) is 0. The lowest BCUT2D eigenvalue weighted by atomic mass is 10.1. The van der Waals surface area contributed by atoms with Gasteiger partial charge in [-0.25, -0.2) is 0 Å². The lowest BCUT2D eigenvalue weighted by molar-refractivity contribution is 0.567. The van der Waals surface area contributed by atoms with E-state index in [9.17, 15) is 0 Å². The summed E-state index contributed by atoms with van der Waals surface area (Å²) < 4.78 is 6.22. The molecule has 1 heterocycles. The van der Waals surface area contributed by atoms with Crippen LogP contribution in [0, 0.1) is 0 Å². The van der Waals surface area contributed by atoms with Crippen LogP contribution in [0.15, 0.2) is 59.0 Å². The summed E-state index contributed by atoms with van der Waals surface area (Å²) in [5.74, 6) is 1.94. The van der Waals surface area contributed by atoms with Gasteiger partial charge in [0.15, 0.2) is 0 Å². The molecule has 0 aliphatic heterocycles. The Labute approximate surface area is 119 Å². The average molecular weight is 265 g/mol. The van der Waals surface area contributed by atoms with E-state index in [0.717, 1.165) is 30.3 Å². The number of anilines is 1. The fraction of sp³-hybridized carbons (Fsp3) is 0.222. The highest BCUT2D eigenvalue weighted by molar-refractivity contribution is 6.01. The van der Waals surface area contributed by atoms with Gasteiger partial charge >= 0.3 is 0 Å². The molecule has 2 nitrogen and oxygen atoms in total. The first-order valence-corrected chi connectivity index (χ1v) is 7.17. The molecule has 0 saturated carbocycles. The molecule has 0 fully saturated rings. The molecular formula is C18H19NO. The Morgan fingerprint density at radius 1 is 0.800 bits per heavy atom. The molecule has 1 aromatic heterocycles. The molecule has 102 valence electrons. The van der Waals surface area contributed by atoms with Crippen LogP contribution in [0.5, 0.6) is 0 Å². The van der Waals surface area contributed by atoms with E-state index >= 15 is 0 Å². The van der Waals surface area contributed by atoms with E-state index < -0.39 is 0 Å². The molecule has 0 atom stereocenters. The Hall–Kier alpha value is -2.22. The van der Waals surface area contributed by atoms with E-state index in [1.807, 2.05) is 18.2 Å². The number of fused-ring (bicyclic) bond motifs is 1. The summed E-state index contributed by atoms with van der Waals surface area (Å²) in [6, 6.07) is 18.7. The highest BCUT2D eigenvalue weighted by Gasteiger charge is 2.17. The Morgan fingerprint density at radius 2 is 1.40 bits per heavy atom. The molecule has 0 aliphatic rings. The van der Waals surface area contributed by atoms with E-state index in [-0.39, 0.29) is 0 Å². The Balaban J connectivity index is 2.24. The molecular weight excluding hydrogens is 246 g/mol. The molecule has 2 heteroatoms. The van der Waals surface area contributed by atoms with Crippen LogP contribution in [0.4, 0.5) is 5.88 Å².